The van der Waals surface area contributed by atoms with Gasteiger partial charge in [-0.25, -0.2) is 0 Å². The smallest absolute Gasteiger partial charge is 0.251 e. The highest BCUT2D eigenvalue weighted by Gasteiger charge is 2.32. The molecule has 2 fully saturated rings. The number of rotatable bonds is 2. The minimum Gasteiger partial charge on any atom is -0.348 e. The number of piperidine rings is 1. The van der Waals surface area contributed by atoms with Gasteiger partial charge in [-0.1, -0.05) is 0 Å². The van der Waals surface area contributed by atoms with Crippen molar-refractivity contribution in [3.63, 3.8) is 0 Å². The SMILES string of the molecule is O=C(NC1CC2CCN(C2)C1)c1ccn2ccc(Br)c2c1. The monoisotopic (exact) mass is 347 g/mol. The van der Waals surface area contributed by atoms with Crippen molar-refractivity contribution >= 4 is 27.4 Å². The Kier molecular flexibility index (Phi) is 3.27. The highest BCUT2D eigenvalue weighted by molar-refractivity contribution is 9.10. The van der Waals surface area contributed by atoms with E-state index in [-0.39, 0.29) is 5.91 Å². The van der Waals surface area contributed by atoms with Crippen molar-refractivity contribution in [2.45, 2.75) is 18.9 Å². The number of hydrogen-bond acceptors (Lipinski definition) is 2. The molecule has 2 aliphatic heterocycles. The fourth-order valence-electron chi connectivity index (χ4n) is 3.64. The summed E-state index contributed by atoms with van der Waals surface area (Å²) in [5, 5.41) is 3.21. The average Bonchev–Trinajstić information content (AvgIpc) is 3.02. The summed E-state index contributed by atoms with van der Waals surface area (Å²) in [6.45, 7) is 3.41. The number of carbonyl (C=O) groups excluding carboxylic acids is 1. The average molecular weight is 348 g/mol. The van der Waals surface area contributed by atoms with Crippen LogP contribution in [0.1, 0.15) is 23.2 Å². The third kappa shape index (κ3) is 2.49. The molecule has 21 heavy (non-hydrogen) atoms. The van der Waals surface area contributed by atoms with Crippen LogP contribution in [0, 0.1) is 5.92 Å². The zero-order chi connectivity index (χ0) is 14.4. The number of hydrogen-bond donors (Lipinski definition) is 1. The summed E-state index contributed by atoms with van der Waals surface area (Å²) in [7, 11) is 0. The first-order chi connectivity index (χ1) is 10.2. The molecule has 5 heteroatoms. The van der Waals surface area contributed by atoms with Gasteiger partial charge in [0.15, 0.2) is 0 Å². The fraction of sp³-hybridized carbons (Fsp3) is 0.438. The summed E-state index contributed by atoms with van der Waals surface area (Å²) in [6.07, 6.45) is 6.32. The van der Waals surface area contributed by atoms with Crippen LogP contribution in [0.25, 0.3) is 5.52 Å². The standard InChI is InChI=1S/C16H18BrN3O/c17-14-3-6-20-5-2-12(8-15(14)20)16(21)18-13-7-11-1-4-19(9-11)10-13/h2-3,5-6,8,11,13H,1,4,7,9-10H2,(H,18,21). The van der Waals surface area contributed by atoms with Crippen LogP contribution in [-0.4, -0.2) is 40.9 Å². The number of carbonyl (C=O) groups is 1. The lowest BCUT2D eigenvalue weighted by molar-refractivity contribution is 0.0909. The van der Waals surface area contributed by atoms with Gasteiger partial charge >= 0.3 is 0 Å². The van der Waals surface area contributed by atoms with Gasteiger partial charge < -0.3 is 14.6 Å². The Labute approximate surface area is 132 Å². The van der Waals surface area contributed by atoms with Crippen molar-refractivity contribution in [1.82, 2.24) is 14.6 Å². The van der Waals surface area contributed by atoms with Crippen LogP contribution >= 0.6 is 15.9 Å². The lowest BCUT2D eigenvalue weighted by Gasteiger charge is -2.30. The maximum Gasteiger partial charge on any atom is 0.251 e. The fourth-order valence-corrected chi connectivity index (χ4v) is 4.08. The van der Waals surface area contributed by atoms with Crippen LogP contribution < -0.4 is 5.32 Å². The second kappa shape index (κ2) is 5.14. The Morgan fingerprint density at radius 3 is 3.00 bits per heavy atom. The highest BCUT2D eigenvalue weighted by atomic mass is 79.9. The first-order valence-electron chi connectivity index (χ1n) is 7.48. The zero-order valence-electron chi connectivity index (χ0n) is 11.8. The summed E-state index contributed by atoms with van der Waals surface area (Å²) in [4.78, 5) is 14.9. The third-order valence-electron chi connectivity index (χ3n) is 4.68. The highest BCUT2D eigenvalue weighted by Crippen LogP contribution is 2.27. The molecule has 0 radical (unpaired) electrons. The molecule has 0 spiro atoms. The van der Waals surface area contributed by atoms with Crippen LogP contribution in [0.2, 0.25) is 0 Å². The summed E-state index contributed by atoms with van der Waals surface area (Å²) in [5.74, 6) is 0.810. The van der Waals surface area contributed by atoms with Crippen molar-refractivity contribution in [2.24, 2.45) is 5.92 Å². The number of halogens is 1. The normalized spacial score (nSPS) is 28.0. The van der Waals surface area contributed by atoms with E-state index < -0.39 is 0 Å². The van der Waals surface area contributed by atoms with Gasteiger partial charge in [0.05, 0.1) is 5.52 Å². The van der Waals surface area contributed by atoms with Crippen LogP contribution in [-0.2, 0) is 0 Å². The van der Waals surface area contributed by atoms with Crippen LogP contribution in [0.5, 0.6) is 0 Å². The lowest BCUT2D eigenvalue weighted by atomic mass is 9.96. The molecule has 0 saturated carbocycles. The molecule has 2 saturated heterocycles. The van der Waals surface area contributed by atoms with E-state index in [9.17, 15) is 4.79 Å². The molecule has 4 heterocycles. The summed E-state index contributed by atoms with van der Waals surface area (Å²) in [5.41, 5.74) is 1.75. The van der Waals surface area contributed by atoms with Crippen molar-refractivity contribution in [3.8, 4) is 0 Å². The molecule has 3 atom stereocenters. The van der Waals surface area contributed by atoms with Crippen molar-refractivity contribution < 1.29 is 4.79 Å². The molecule has 2 aliphatic rings. The molecule has 0 aliphatic carbocycles. The van der Waals surface area contributed by atoms with Gasteiger partial charge in [-0.15, -0.1) is 0 Å². The Balaban J connectivity index is 1.52. The van der Waals surface area contributed by atoms with E-state index in [1.54, 1.807) is 0 Å². The molecule has 1 N–H and O–H groups in total. The van der Waals surface area contributed by atoms with Crippen LogP contribution in [0.15, 0.2) is 35.1 Å². The molecule has 2 aromatic rings. The molecule has 2 aromatic heterocycles. The molecule has 4 rings (SSSR count). The third-order valence-corrected chi connectivity index (χ3v) is 5.35. The second-order valence-electron chi connectivity index (χ2n) is 6.19. The molecule has 3 unspecified atom stereocenters. The summed E-state index contributed by atoms with van der Waals surface area (Å²) < 4.78 is 3.02. The maximum atomic E-state index is 12.5. The van der Waals surface area contributed by atoms with Gasteiger partial charge in [0.1, 0.15) is 0 Å². The molecule has 1 amide bonds. The van der Waals surface area contributed by atoms with Gasteiger partial charge in [-0.3, -0.25) is 4.79 Å². The summed E-state index contributed by atoms with van der Waals surface area (Å²) in [6, 6.07) is 6.11. The van der Waals surface area contributed by atoms with Crippen molar-refractivity contribution in [1.29, 1.82) is 0 Å². The van der Waals surface area contributed by atoms with Crippen LogP contribution in [0.3, 0.4) is 0 Å². The first kappa shape index (κ1) is 13.3. The van der Waals surface area contributed by atoms with Gasteiger partial charge in [0.2, 0.25) is 0 Å². The van der Waals surface area contributed by atoms with E-state index in [0.717, 1.165) is 34.4 Å². The Morgan fingerprint density at radius 2 is 2.14 bits per heavy atom. The van der Waals surface area contributed by atoms with E-state index in [4.69, 9.17) is 0 Å². The van der Waals surface area contributed by atoms with Gasteiger partial charge in [0.25, 0.3) is 5.91 Å². The predicted molar refractivity (Wildman–Crippen MR) is 85.5 cm³/mol. The molecule has 0 aromatic carbocycles. The number of amides is 1. The van der Waals surface area contributed by atoms with Gasteiger partial charge in [0, 0.05) is 41.6 Å². The van der Waals surface area contributed by atoms with E-state index in [0.29, 0.717) is 6.04 Å². The van der Waals surface area contributed by atoms with Gasteiger partial charge in [-0.2, -0.15) is 0 Å². The number of fused-ring (bicyclic) bond motifs is 3. The van der Waals surface area contributed by atoms with Crippen LogP contribution in [0.4, 0.5) is 0 Å². The Hall–Kier alpha value is -1.33. The van der Waals surface area contributed by atoms with E-state index in [2.05, 4.69) is 26.1 Å². The number of nitrogens with one attached hydrogen (secondary N) is 1. The topological polar surface area (TPSA) is 36.8 Å². The summed E-state index contributed by atoms with van der Waals surface area (Å²) >= 11 is 3.51. The number of nitrogens with zero attached hydrogens (tertiary/aromatic N) is 2. The molecular formula is C16H18BrN3O. The molecular weight excluding hydrogens is 330 g/mol. The largest absolute Gasteiger partial charge is 0.348 e. The van der Waals surface area contributed by atoms with Crippen molar-refractivity contribution in [2.75, 3.05) is 19.6 Å². The number of aromatic nitrogens is 1. The quantitative estimate of drug-likeness (QED) is 0.906. The molecule has 4 nitrogen and oxygen atoms in total. The second-order valence-corrected chi connectivity index (χ2v) is 7.05. The minimum absolute atomic E-state index is 0.0399. The lowest BCUT2D eigenvalue weighted by Crippen LogP contribution is -2.47. The van der Waals surface area contributed by atoms with E-state index >= 15 is 0 Å². The minimum atomic E-state index is 0.0399. The zero-order valence-corrected chi connectivity index (χ0v) is 13.3. The Morgan fingerprint density at radius 1 is 1.29 bits per heavy atom. The maximum absolute atomic E-state index is 12.5. The molecule has 110 valence electrons. The first-order valence-corrected chi connectivity index (χ1v) is 8.28. The van der Waals surface area contributed by atoms with E-state index in [1.807, 2.05) is 35.0 Å². The van der Waals surface area contributed by atoms with E-state index in [1.165, 1.54) is 19.5 Å². The Bertz CT molecular complexity index is 684. The van der Waals surface area contributed by atoms with Gasteiger partial charge in [-0.05, 0) is 59.4 Å². The number of pyridine rings is 1. The predicted octanol–water partition coefficient (Wildman–Crippen LogP) is 2.53. The van der Waals surface area contributed by atoms with Crippen molar-refractivity contribution in [3.05, 3.63) is 40.6 Å². The molecule has 2 bridgehead atoms.